The molecule has 0 spiro atoms. The van der Waals surface area contributed by atoms with Crippen LogP contribution in [0.2, 0.25) is 0 Å². The van der Waals surface area contributed by atoms with E-state index in [4.69, 9.17) is 0 Å². The van der Waals surface area contributed by atoms with Crippen molar-refractivity contribution >= 4 is 38.8 Å². The van der Waals surface area contributed by atoms with Gasteiger partial charge in [-0.1, -0.05) is 28.1 Å². The first-order valence-corrected chi connectivity index (χ1v) is 8.39. The van der Waals surface area contributed by atoms with Gasteiger partial charge in [0, 0.05) is 17.2 Å². The zero-order chi connectivity index (χ0) is 17.8. The molecule has 3 N–H and O–H groups in total. The Balaban J connectivity index is 2.03. The first kappa shape index (κ1) is 17.2. The normalized spacial score (nSPS) is 12.1. The molecule has 25 heavy (non-hydrogen) atoms. The lowest BCUT2D eigenvalue weighted by Gasteiger charge is -2.20. The van der Waals surface area contributed by atoms with E-state index in [1.807, 2.05) is 31.3 Å². The number of carboxylic acids is 1. The number of nitrogens with one attached hydrogen (secondary N) is 2. The van der Waals surface area contributed by atoms with Crippen molar-refractivity contribution in [2.45, 2.75) is 6.04 Å². The Morgan fingerprint density at radius 2 is 2.08 bits per heavy atom. The fourth-order valence-electron chi connectivity index (χ4n) is 2.59. The maximum atomic E-state index is 11.4. The van der Waals surface area contributed by atoms with Crippen LogP contribution in [0.15, 0.2) is 47.3 Å². The fraction of sp³-hybridized carbons (Fsp3) is 0.176. The molecule has 1 aromatic carbocycles. The summed E-state index contributed by atoms with van der Waals surface area (Å²) in [6.07, 6.45) is 2.79. The fourth-order valence-corrected chi connectivity index (χ4v) is 3.00. The number of carboxylic acid groups (broad SMARTS) is 1. The van der Waals surface area contributed by atoms with Crippen LogP contribution < -0.4 is 10.6 Å². The number of halogens is 1. The average molecular weight is 402 g/mol. The van der Waals surface area contributed by atoms with Gasteiger partial charge in [-0.3, -0.25) is 4.98 Å². The number of likely N-dealkylation sites (N-methyl/N-ethyl adjacent to an activating group) is 1. The van der Waals surface area contributed by atoms with Crippen molar-refractivity contribution in [3.05, 3.63) is 58.5 Å². The van der Waals surface area contributed by atoms with E-state index in [1.165, 1.54) is 18.6 Å². The Labute approximate surface area is 152 Å². The van der Waals surface area contributed by atoms with Crippen molar-refractivity contribution in [3.8, 4) is 0 Å². The number of anilines is 1. The lowest BCUT2D eigenvalue weighted by Crippen LogP contribution is -2.24. The van der Waals surface area contributed by atoms with Crippen LogP contribution in [0.4, 0.5) is 5.82 Å². The summed E-state index contributed by atoms with van der Waals surface area (Å²) in [5.41, 5.74) is 1.90. The van der Waals surface area contributed by atoms with Crippen molar-refractivity contribution in [2.75, 3.05) is 18.9 Å². The Kier molecular flexibility index (Phi) is 5.20. The maximum absolute atomic E-state index is 11.4. The number of aromatic carboxylic acids is 1. The molecule has 8 heteroatoms. The number of nitrogens with zero attached hydrogens (tertiary/aromatic N) is 3. The number of rotatable bonds is 6. The monoisotopic (exact) mass is 401 g/mol. The van der Waals surface area contributed by atoms with Crippen molar-refractivity contribution in [2.24, 2.45) is 0 Å². The molecule has 0 saturated carbocycles. The summed E-state index contributed by atoms with van der Waals surface area (Å²) in [6, 6.07) is 9.31. The van der Waals surface area contributed by atoms with Gasteiger partial charge in [-0.05, 0) is 30.8 Å². The van der Waals surface area contributed by atoms with Crippen molar-refractivity contribution in [3.63, 3.8) is 0 Å². The topological polar surface area (TPSA) is 100 Å². The Morgan fingerprint density at radius 1 is 1.24 bits per heavy atom. The van der Waals surface area contributed by atoms with Gasteiger partial charge in [0.15, 0.2) is 5.82 Å². The predicted molar refractivity (Wildman–Crippen MR) is 98.7 cm³/mol. The molecule has 128 valence electrons. The zero-order valence-electron chi connectivity index (χ0n) is 13.4. The van der Waals surface area contributed by atoms with Gasteiger partial charge in [0.25, 0.3) is 0 Å². The van der Waals surface area contributed by atoms with E-state index in [2.05, 4.69) is 41.5 Å². The van der Waals surface area contributed by atoms with Crippen LogP contribution >= 0.6 is 15.9 Å². The summed E-state index contributed by atoms with van der Waals surface area (Å²) in [6.45, 7) is 0.653. The van der Waals surface area contributed by atoms with Gasteiger partial charge in [-0.2, -0.15) is 0 Å². The summed E-state index contributed by atoms with van der Waals surface area (Å²) in [4.78, 5) is 24.0. The molecule has 7 nitrogen and oxygen atoms in total. The molecule has 3 aromatic rings. The molecule has 3 rings (SSSR count). The van der Waals surface area contributed by atoms with Gasteiger partial charge in [-0.25, -0.2) is 14.8 Å². The van der Waals surface area contributed by atoms with Crippen LogP contribution in [0.25, 0.3) is 11.0 Å². The quantitative estimate of drug-likeness (QED) is 0.583. The van der Waals surface area contributed by atoms with Gasteiger partial charge >= 0.3 is 5.97 Å². The molecular weight excluding hydrogens is 386 g/mol. The molecule has 0 amide bonds. The zero-order valence-corrected chi connectivity index (χ0v) is 15.0. The van der Waals surface area contributed by atoms with Gasteiger partial charge < -0.3 is 15.7 Å². The molecule has 2 heterocycles. The standard InChI is InChI=1S/C17H16BrN5O2/c1-19-8-13(10-3-2-4-11(18)7-10)23-16-15-14(21-9-22-16)12(17(24)25)5-6-20-15/h2-7,9,13,19H,8H2,1H3,(H,24,25)(H,21,22,23)/t13-/m1/s1. The number of aromatic nitrogens is 3. The molecule has 0 aliphatic heterocycles. The first-order chi connectivity index (χ1) is 12.1. The third-order valence-corrected chi connectivity index (χ3v) is 4.22. The number of carbonyl (C=O) groups is 1. The molecule has 0 aliphatic carbocycles. The number of hydrogen-bond acceptors (Lipinski definition) is 6. The minimum Gasteiger partial charge on any atom is -0.478 e. The minimum absolute atomic E-state index is 0.0733. The van der Waals surface area contributed by atoms with Gasteiger partial charge in [0.2, 0.25) is 0 Å². The number of pyridine rings is 1. The van der Waals surface area contributed by atoms with Gasteiger partial charge in [0.05, 0.1) is 11.6 Å². The molecule has 0 aliphatic rings. The smallest absolute Gasteiger partial charge is 0.338 e. The lowest BCUT2D eigenvalue weighted by atomic mass is 10.1. The van der Waals surface area contributed by atoms with Crippen LogP contribution in [0.5, 0.6) is 0 Å². The highest BCUT2D eigenvalue weighted by molar-refractivity contribution is 9.10. The molecule has 0 unspecified atom stereocenters. The summed E-state index contributed by atoms with van der Waals surface area (Å²) in [5, 5.41) is 15.8. The van der Waals surface area contributed by atoms with E-state index in [0.717, 1.165) is 10.0 Å². The first-order valence-electron chi connectivity index (χ1n) is 7.59. The summed E-state index contributed by atoms with van der Waals surface area (Å²) in [5.74, 6) is -0.552. The highest BCUT2D eigenvalue weighted by Crippen LogP contribution is 2.25. The van der Waals surface area contributed by atoms with Crippen LogP contribution in [0.3, 0.4) is 0 Å². The Bertz CT molecular complexity index is 918. The largest absolute Gasteiger partial charge is 0.478 e. The molecule has 0 radical (unpaired) electrons. The highest BCUT2D eigenvalue weighted by Gasteiger charge is 2.17. The molecule has 0 fully saturated rings. The van der Waals surface area contributed by atoms with E-state index >= 15 is 0 Å². The van der Waals surface area contributed by atoms with E-state index in [9.17, 15) is 9.90 Å². The second-order valence-corrected chi connectivity index (χ2v) is 6.31. The number of hydrogen-bond donors (Lipinski definition) is 3. The van der Waals surface area contributed by atoms with Crippen molar-refractivity contribution < 1.29 is 9.90 Å². The third-order valence-electron chi connectivity index (χ3n) is 3.72. The van der Waals surface area contributed by atoms with E-state index in [-0.39, 0.29) is 11.6 Å². The van der Waals surface area contributed by atoms with Gasteiger partial charge in [0.1, 0.15) is 17.4 Å². The van der Waals surface area contributed by atoms with E-state index in [0.29, 0.717) is 23.4 Å². The molecule has 1 atom stereocenters. The van der Waals surface area contributed by atoms with E-state index < -0.39 is 5.97 Å². The van der Waals surface area contributed by atoms with Crippen LogP contribution in [-0.2, 0) is 0 Å². The van der Waals surface area contributed by atoms with Gasteiger partial charge in [-0.15, -0.1) is 0 Å². The number of fused-ring (bicyclic) bond motifs is 1. The SMILES string of the molecule is CNC[C@@H](Nc1ncnc2c(C(=O)O)ccnc12)c1cccc(Br)c1. The predicted octanol–water partition coefficient (Wildman–Crippen LogP) is 2.86. The summed E-state index contributed by atoms with van der Waals surface area (Å²) < 4.78 is 0.978. The van der Waals surface area contributed by atoms with Crippen molar-refractivity contribution in [1.29, 1.82) is 0 Å². The van der Waals surface area contributed by atoms with Crippen LogP contribution in [-0.4, -0.2) is 39.6 Å². The van der Waals surface area contributed by atoms with Crippen molar-refractivity contribution in [1.82, 2.24) is 20.3 Å². The molecule has 0 bridgehead atoms. The van der Waals surface area contributed by atoms with Crippen LogP contribution in [0, 0.1) is 0 Å². The maximum Gasteiger partial charge on any atom is 0.338 e. The van der Waals surface area contributed by atoms with E-state index in [1.54, 1.807) is 0 Å². The molecular formula is C17H16BrN5O2. The molecule has 2 aromatic heterocycles. The number of benzene rings is 1. The Morgan fingerprint density at radius 3 is 2.80 bits per heavy atom. The Hall–Kier alpha value is -2.58. The van der Waals surface area contributed by atoms with Crippen LogP contribution in [0.1, 0.15) is 22.0 Å². The third kappa shape index (κ3) is 3.75. The second-order valence-electron chi connectivity index (χ2n) is 5.39. The summed E-state index contributed by atoms with van der Waals surface area (Å²) >= 11 is 3.48. The second kappa shape index (κ2) is 7.54. The molecule has 0 saturated heterocycles. The lowest BCUT2D eigenvalue weighted by molar-refractivity contribution is 0.0698. The summed E-state index contributed by atoms with van der Waals surface area (Å²) in [7, 11) is 1.87. The highest BCUT2D eigenvalue weighted by atomic mass is 79.9. The average Bonchev–Trinajstić information content (AvgIpc) is 2.61. The minimum atomic E-state index is -1.05.